The number of carbonyl (C=O) groups is 1. The number of piperidine rings is 1. The molecule has 0 saturated carbocycles. The van der Waals surface area contributed by atoms with E-state index in [9.17, 15) is 9.90 Å². The van der Waals surface area contributed by atoms with Crippen molar-refractivity contribution >= 4 is 5.97 Å². The van der Waals surface area contributed by atoms with Gasteiger partial charge in [0, 0.05) is 12.8 Å². The minimum absolute atomic E-state index is 0.0576. The molecule has 3 aliphatic rings. The summed E-state index contributed by atoms with van der Waals surface area (Å²) in [7, 11) is 4.51. The molecule has 5 heteroatoms. The number of esters is 1. The number of quaternary nitrogens is 1. The van der Waals surface area contributed by atoms with Gasteiger partial charge in [0.25, 0.3) is 0 Å². The third kappa shape index (κ3) is 2.38. The van der Waals surface area contributed by atoms with Gasteiger partial charge in [-0.2, -0.15) is 0 Å². The van der Waals surface area contributed by atoms with Crippen LogP contribution in [0.15, 0.2) is 30.3 Å². The van der Waals surface area contributed by atoms with Gasteiger partial charge in [-0.1, -0.05) is 30.3 Å². The van der Waals surface area contributed by atoms with Crippen molar-refractivity contribution < 1.29 is 23.9 Å². The monoisotopic (exact) mass is 318 g/mol. The lowest BCUT2D eigenvalue weighted by molar-refractivity contribution is -0.938. The average molecular weight is 318 g/mol. The van der Waals surface area contributed by atoms with Gasteiger partial charge in [0.2, 0.25) is 0 Å². The van der Waals surface area contributed by atoms with Crippen LogP contribution in [-0.2, 0) is 14.3 Å². The zero-order chi connectivity index (χ0) is 16.2. The van der Waals surface area contributed by atoms with Crippen LogP contribution in [0.1, 0.15) is 24.3 Å². The van der Waals surface area contributed by atoms with Gasteiger partial charge in [0.1, 0.15) is 36.3 Å². The van der Waals surface area contributed by atoms with Gasteiger partial charge in [0.15, 0.2) is 0 Å². The number of aliphatic hydroxyl groups excluding tert-OH is 1. The van der Waals surface area contributed by atoms with E-state index in [1.165, 1.54) is 0 Å². The summed E-state index contributed by atoms with van der Waals surface area (Å²) in [5.41, 5.74) is 0.807. The number of ether oxygens (including phenoxy) is 2. The molecule has 0 spiro atoms. The third-order valence-corrected chi connectivity index (χ3v) is 5.99. The summed E-state index contributed by atoms with van der Waals surface area (Å²) in [6.07, 6.45) is 2.34. The summed E-state index contributed by atoms with van der Waals surface area (Å²) in [4.78, 5) is 12.5. The van der Waals surface area contributed by atoms with Crippen molar-refractivity contribution in [2.24, 2.45) is 0 Å². The summed E-state index contributed by atoms with van der Waals surface area (Å²) in [5, 5.41) is 9.60. The first-order valence-corrected chi connectivity index (χ1v) is 8.37. The highest BCUT2D eigenvalue weighted by Gasteiger charge is 2.70. The highest BCUT2D eigenvalue weighted by Crippen LogP contribution is 2.51. The van der Waals surface area contributed by atoms with E-state index in [0.717, 1.165) is 22.9 Å². The molecule has 1 N–H and O–H groups in total. The Kier molecular flexibility index (Phi) is 3.48. The topological polar surface area (TPSA) is 59.1 Å². The largest absolute Gasteiger partial charge is 0.461 e. The van der Waals surface area contributed by atoms with E-state index in [4.69, 9.17) is 9.47 Å². The zero-order valence-corrected chi connectivity index (χ0v) is 13.6. The molecule has 5 atom stereocenters. The molecular formula is C18H24NO4+. The lowest BCUT2D eigenvalue weighted by Crippen LogP contribution is -2.60. The minimum atomic E-state index is -0.593. The van der Waals surface area contributed by atoms with E-state index in [1.807, 2.05) is 30.3 Å². The second kappa shape index (κ2) is 5.30. The molecule has 0 amide bonds. The molecule has 3 saturated heterocycles. The number of aliphatic hydroxyl groups is 1. The van der Waals surface area contributed by atoms with Gasteiger partial charge in [0.05, 0.1) is 20.7 Å². The molecular weight excluding hydrogens is 294 g/mol. The van der Waals surface area contributed by atoms with E-state index in [2.05, 4.69) is 14.1 Å². The minimum Gasteiger partial charge on any atom is -0.461 e. The Morgan fingerprint density at radius 1 is 1.26 bits per heavy atom. The van der Waals surface area contributed by atoms with Crippen LogP contribution in [0.3, 0.4) is 0 Å². The fraction of sp³-hybridized carbons (Fsp3) is 0.611. The number of likely N-dealkylation sites (N-methyl/N-ethyl adjacent to an activating group) is 1. The second-order valence-corrected chi connectivity index (χ2v) is 7.51. The highest BCUT2D eigenvalue weighted by molar-refractivity contribution is 5.78. The van der Waals surface area contributed by atoms with Gasteiger partial charge >= 0.3 is 5.97 Å². The van der Waals surface area contributed by atoms with Crippen molar-refractivity contribution in [3.63, 3.8) is 0 Å². The van der Waals surface area contributed by atoms with Crippen LogP contribution < -0.4 is 0 Å². The van der Waals surface area contributed by atoms with Gasteiger partial charge in [-0.3, -0.25) is 4.79 Å². The van der Waals surface area contributed by atoms with Gasteiger partial charge in [-0.05, 0) is 5.56 Å². The summed E-state index contributed by atoms with van der Waals surface area (Å²) >= 11 is 0. The van der Waals surface area contributed by atoms with Crippen LogP contribution in [0.25, 0.3) is 0 Å². The molecule has 2 bridgehead atoms. The number of epoxide rings is 1. The SMILES string of the molecule is C[N+]1(C)C2CC(OC(=O)[C@H](CO)c3ccccc3)CC1C1OC12. The smallest absolute Gasteiger partial charge is 0.316 e. The first-order chi connectivity index (χ1) is 11.0. The number of nitrogens with zero attached hydrogens (tertiary/aromatic N) is 1. The van der Waals surface area contributed by atoms with Gasteiger partial charge in [-0.25, -0.2) is 0 Å². The van der Waals surface area contributed by atoms with Crippen molar-refractivity contribution in [2.45, 2.75) is 49.2 Å². The Bertz CT molecular complexity index is 582. The molecule has 124 valence electrons. The summed E-state index contributed by atoms with van der Waals surface area (Å²) in [6.45, 7) is -0.224. The molecule has 4 rings (SSSR count). The lowest BCUT2D eigenvalue weighted by atomic mass is 9.95. The summed E-state index contributed by atoms with van der Waals surface area (Å²) < 4.78 is 12.5. The van der Waals surface area contributed by atoms with Crippen molar-refractivity contribution in [2.75, 3.05) is 20.7 Å². The van der Waals surface area contributed by atoms with Crippen molar-refractivity contribution in [1.29, 1.82) is 0 Å². The molecule has 1 aromatic rings. The van der Waals surface area contributed by atoms with Crippen LogP contribution in [0.5, 0.6) is 0 Å². The molecule has 1 aromatic carbocycles. The molecule has 4 unspecified atom stereocenters. The van der Waals surface area contributed by atoms with E-state index in [-0.39, 0.29) is 18.7 Å². The number of fused-ring (bicyclic) bond motifs is 5. The number of hydrogen-bond donors (Lipinski definition) is 1. The predicted octanol–water partition coefficient (Wildman–Crippen LogP) is 1.06. The molecule has 5 nitrogen and oxygen atoms in total. The molecule has 3 fully saturated rings. The maximum absolute atomic E-state index is 12.5. The van der Waals surface area contributed by atoms with E-state index >= 15 is 0 Å². The van der Waals surface area contributed by atoms with E-state index in [1.54, 1.807) is 0 Å². The third-order valence-electron chi connectivity index (χ3n) is 5.99. The Balaban J connectivity index is 1.44. The first-order valence-electron chi connectivity index (χ1n) is 8.37. The number of carbonyl (C=O) groups excluding carboxylic acids is 1. The van der Waals surface area contributed by atoms with E-state index < -0.39 is 5.92 Å². The molecule has 0 aliphatic carbocycles. The Morgan fingerprint density at radius 2 is 1.87 bits per heavy atom. The molecule has 23 heavy (non-hydrogen) atoms. The van der Waals surface area contributed by atoms with E-state index in [0.29, 0.717) is 24.3 Å². The summed E-state index contributed by atoms with van der Waals surface area (Å²) in [6, 6.07) is 10.2. The molecule has 3 aliphatic heterocycles. The van der Waals surface area contributed by atoms with Crippen LogP contribution in [0.4, 0.5) is 0 Å². The van der Waals surface area contributed by atoms with Gasteiger partial charge < -0.3 is 19.1 Å². The van der Waals surface area contributed by atoms with Crippen molar-refractivity contribution in [1.82, 2.24) is 0 Å². The number of benzene rings is 1. The number of morpholine rings is 1. The second-order valence-electron chi connectivity index (χ2n) is 7.51. The Morgan fingerprint density at radius 3 is 2.43 bits per heavy atom. The van der Waals surface area contributed by atoms with Crippen LogP contribution >= 0.6 is 0 Å². The van der Waals surface area contributed by atoms with Gasteiger partial charge in [-0.15, -0.1) is 0 Å². The number of rotatable bonds is 4. The fourth-order valence-corrected chi connectivity index (χ4v) is 4.55. The van der Waals surface area contributed by atoms with Crippen molar-refractivity contribution in [3.8, 4) is 0 Å². The average Bonchev–Trinajstić information content (AvgIpc) is 3.27. The quantitative estimate of drug-likeness (QED) is 0.512. The molecule has 0 aromatic heterocycles. The van der Waals surface area contributed by atoms with Crippen LogP contribution in [0.2, 0.25) is 0 Å². The standard InChI is InChI=1S/C18H24NO4/c1-19(2)14-8-12(9-15(19)17-16(14)23-17)22-18(21)13(10-20)11-6-4-3-5-7-11/h3-7,12-17,20H,8-10H2,1-2H3/q+1/t12?,13-,14?,15?,16?,17?/m1/s1. The van der Waals surface area contributed by atoms with Crippen LogP contribution in [0, 0.1) is 0 Å². The molecule has 0 radical (unpaired) electrons. The normalized spacial score (nSPS) is 37.8. The Hall–Kier alpha value is -1.43. The maximum atomic E-state index is 12.5. The zero-order valence-electron chi connectivity index (χ0n) is 13.6. The van der Waals surface area contributed by atoms with Crippen molar-refractivity contribution in [3.05, 3.63) is 35.9 Å². The highest BCUT2D eigenvalue weighted by atomic mass is 16.6. The lowest BCUT2D eigenvalue weighted by Gasteiger charge is -2.45. The summed E-state index contributed by atoms with van der Waals surface area (Å²) in [5.74, 6) is -0.908. The fourth-order valence-electron chi connectivity index (χ4n) is 4.55. The Labute approximate surface area is 136 Å². The number of hydrogen-bond acceptors (Lipinski definition) is 4. The first kappa shape index (κ1) is 15.1. The maximum Gasteiger partial charge on any atom is 0.316 e. The predicted molar refractivity (Wildman–Crippen MR) is 83.7 cm³/mol. The molecule has 3 heterocycles. The van der Waals surface area contributed by atoms with Crippen LogP contribution in [-0.4, -0.2) is 66.7 Å².